The van der Waals surface area contributed by atoms with E-state index in [4.69, 9.17) is 14.2 Å². The van der Waals surface area contributed by atoms with Crippen LogP contribution in [0, 0.1) is 5.92 Å². The maximum Gasteiger partial charge on any atom is 0.387 e. The highest BCUT2D eigenvalue weighted by Crippen LogP contribution is 2.27. The standard InChI is InChI=1S/C21H33F2N3O3.HI/c1-4-11-28-18-6-5-17(19(14-18)29-20(22)23)15-25-21(24-2)26(3)10-7-16-8-12-27-13-9-16;/h5-6,14,16,20H,4,7-13,15H2,1-3H3,(H,24,25);1H. The van der Waals surface area contributed by atoms with Gasteiger partial charge in [0.15, 0.2) is 5.96 Å². The first kappa shape index (κ1) is 26.7. The van der Waals surface area contributed by atoms with Crippen molar-refractivity contribution in [1.82, 2.24) is 10.2 Å². The average Bonchev–Trinajstić information content (AvgIpc) is 2.72. The van der Waals surface area contributed by atoms with Gasteiger partial charge in [0, 0.05) is 52.0 Å². The summed E-state index contributed by atoms with van der Waals surface area (Å²) in [5.41, 5.74) is 0.619. The summed E-state index contributed by atoms with van der Waals surface area (Å²) in [6, 6.07) is 5.02. The number of rotatable bonds is 10. The van der Waals surface area contributed by atoms with E-state index in [-0.39, 0.29) is 29.7 Å². The molecule has 1 fully saturated rings. The number of nitrogens with one attached hydrogen (secondary N) is 1. The molecule has 6 nitrogen and oxygen atoms in total. The highest BCUT2D eigenvalue weighted by Gasteiger charge is 2.16. The maximum absolute atomic E-state index is 12.8. The Hall–Kier alpha value is -1.36. The second kappa shape index (κ2) is 14.6. The van der Waals surface area contributed by atoms with Gasteiger partial charge in [0.25, 0.3) is 0 Å². The van der Waals surface area contributed by atoms with E-state index in [1.54, 1.807) is 19.2 Å². The number of aliphatic imine (C=N–C) groups is 1. The quantitative estimate of drug-likeness (QED) is 0.268. The molecule has 0 saturated carbocycles. The summed E-state index contributed by atoms with van der Waals surface area (Å²) in [5.74, 6) is 2.02. The molecule has 0 aliphatic carbocycles. The second-order valence-corrected chi connectivity index (χ2v) is 7.16. The van der Waals surface area contributed by atoms with Crippen molar-refractivity contribution in [2.24, 2.45) is 10.9 Å². The summed E-state index contributed by atoms with van der Waals surface area (Å²) >= 11 is 0. The average molecular weight is 541 g/mol. The molecule has 0 atom stereocenters. The summed E-state index contributed by atoms with van der Waals surface area (Å²) in [7, 11) is 3.69. The Morgan fingerprint density at radius 3 is 2.70 bits per heavy atom. The molecule has 1 N–H and O–H groups in total. The Balaban J connectivity index is 0.00000450. The lowest BCUT2D eigenvalue weighted by Crippen LogP contribution is -2.39. The van der Waals surface area contributed by atoms with Crippen LogP contribution in [0.25, 0.3) is 0 Å². The van der Waals surface area contributed by atoms with Crippen LogP contribution < -0.4 is 14.8 Å². The van der Waals surface area contributed by atoms with Crippen LogP contribution in [0.3, 0.4) is 0 Å². The number of benzene rings is 1. The van der Waals surface area contributed by atoms with Gasteiger partial charge in [0.1, 0.15) is 11.5 Å². The molecule has 0 amide bonds. The Labute approximate surface area is 195 Å². The molecule has 172 valence electrons. The van der Waals surface area contributed by atoms with Gasteiger partial charge in [-0.2, -0.15) is 8.78 Å². The van der Waals surface area contributed by atoms with Gasteiger partial charge in [-0.1, -0.05) is 6.92 Å². The van der Waals surface area contributed by atoms with E-state index >= 15 is 0 Å². The minimum Gasteiger partial charge on any atom is -0.493 e. The molecule has 0 aromatic heterocycles. The normalized spacial score (nSPS) is 14.9. The molecule has 9 heteroatoms. The molecule has 0 unspecified atom stereocenters. The molecule has 0 bridgehead atoms. The lowest BCUT2D eigenvalue weighted by Gasteiger charge is -2.27. The Morgan fingerprint density at radius 2 is 2.07 bits per heavy atom. The molecular formula is C21H34F2IN3O3. The third-order valence-corrected chi connectivity index (χ3v) is 4.95. The van der Waals surface area contributed by atoms with Crippen LogP contribution in [0.5, 0.6) is 11.5 Å². The van der Waals surface area contributed by atoms with Gasteiger partial charge in [-0.25, -0.2) is 0 Å². The van der Waals surface area contributed by atoms with E-state index in [1.807, 2.05) is 14.0 Å². The van der Waals surface area contributed by atoms with Gasteiger partial charge in [-0.3, -0.25) is 4.99 Å². The molecule has 0 radical (unpaired) electrons. The molecule has 1 aliphatic rings. The SMILES string of the molecule is CCCOc1ccc(CNC(=NC)N(C)CCC2CCOCC2)c(OC(F)F)c1.I. The van der Waals surface area contributed by atoms with Crippen molar-refractivity contribution in [3.05, 3.63) is 23.8 Å². The van der Waals surface area contributed by atoms with Crippen molar-refractivity contribution in [1.29, 1.82) is 0 Å². The predicted molar refractivity (Wildman–Crippen MR) is 125 cm³/mol. The van der Waals surface area contributed by atoms with Crippen LogP contribution in [0.1, 0.15) is 38.2 Å². The molecule has 1 aromatic carbocycles. The van der Waals surface area contributed by atoms with E-state index in [0.717, 1.165) is 45.4 Å². The minimum atomic E-state index is -2.89. The van der Waals surface area contributed by atoms with E-state index in [1.165, 1.54) is 6.07 Å². The van der Waals surface area contributed by atoms with Crippen LogP contribution in [-0.4, -0.2) is 57.9 Å². The van der Waals surface area contributed by atoms with Crippen molar-refractivity contribution in [3.63, 3.8) is 0 Å². The highest BCUT2D eigenvalue weighted by atomic mass is 127. The number of guanidine groups is 1. The minimum absolute atomic E-state index is 0. The van der Waals surface area contributed by atoms with Gasteiger partial charge in [0.05, 0.1) is 6.61 Å². The lowest BCUT2D eigenvalue weighted by atomic mass is 9.96. The summed E-state index contributed by atoms with van der Waals surface area (Å²) < 4.78 is 41.3. The second-order valence-electron chi connectivity index (χ2n) is 7.16. The van der Waals surface area contributed by atoms with Crippen LogP contribution in [0.4, 0.5) is 8.78 Å². The molecular weight excluding hydrogens is 507 g/mol. The van der Waals surface area contributed by atoms with Gasteiger partial charge < -0.3 is 24.4 Å². The van der Waals surface area contributed by atoms with Gasteiger partial charge in [0.2, 0.25) is 0 Å². The van der Waals surface area contributed by atoms with Crippen molar-refractivity contribution < 1.29 is 23.0 Å². The van der Waals surface area contributed by atoms with E-state index in [9.17, 15) is 8.78 Å². The van der Waals surface area contributed by atoms with Crippen LogP contribution in [0.15, 0.2) is 23.2 Å². The molecule has 30 heavy (non-hydrogen) atoms. The number of halogens is 3. The Morgan fingerprint density at radius 1 is 1.33 bits per heavy atom. The third kappa shape index (κ3) is 9.20. The smallest absolute Gasteiger partial charge is 0.387 e. The van der Waals surface area contributed by atoms with Crippen LogP contribution >= 0.6 is 24.0 Å². The lowest BCUT2D eigenvalue weighted by molar-refractivity contribution is -0.0505. The first-order valence-electron chi connectivity index (χ1n) is 10.2. The number of hydrogen-bond acceptors (Lipinski definition) is 4. The number of alkyl halides is 2. The summed E-state index contributed by atoms with van der Waals surface area (Å²) in [5, 5.41) is 3.24. The molecule has 1 aromatic rings. The summed E-state index contributed by atoms with van der Waals surface area (Å²) in [6.07, 6.45) is 4.11. The summed E-state index contributed by atoms with van der Waals surface area (Å²) in [6.45, 7) is 2.49. The maximum atomic E-state index is 12.8. The number of hydrogen-bond donors (Lipinski definition) is 1. The monoisotopic (exact) mass is 541 g/mol. The molecule has 2 rings (SSSR count). The first-order valence-corrected chi connectivity index (χ1v) is 10.2. The number of ether oxygens (including phenoxy) is 3. The van der Waals surface area contributed by atoms with Crippen LogP contribution in [0.2, 0.25) is 0 Å². The fourth-order valence-corrected chi connectivity index (χ4v) is 3.27. The van der Waals surface area contributed by atoms with Crippen molar-refractivity contribution in [3.8, 4) is 11.5 Å². The first-order chi connectivity index (χ1) is 14.0. The van der Waals surface area contributed by atoms with Gasteiger partial charge in [-0.05, 0) is 43.7 Å². The van der Waals surface area contributed by atoms with E-state index in [0.29, 0.717) is 36.3 Å². The highest BCUT2D eigenvalue weighted by molar-refractivity contribution is 14.0. The van der Waals surface area contributed by atoms with E-state index < -0.39 is 6.61 Å². The van der Waals surface area contributed by atoms with Crippen molar-refractivity contribution in [2.45, 2.75) is 45.8 Å². The molecule has 1 heterocycles. The zero-order valence-electron chi connectivity index (χ0n) is 18.0. The topological polar surface area (TPSA) is 55.3 Å². The Kier molecular flexibility index (Phi) is 13.0. The van der Waals surface area contributed by atoms with Crippen LogP contribution in [-0.2, 0) is 11.3 Å². The Bertz CT molecular complexity index is 644. The van der Waals surface area contributed by atoms with Gasteiger partial charge in [-0.15, -0.1) is 24.0 Å². The molecule has 1 saturated heterocycles. The fraction of sp³-hybridized carbons (Fsp3) is 0.667. The van der Waals surface area contributed by atoms with Crippen molar-refractivity contribution >= 4 is 29.9 Å². The van der Waals surface area contributed by atoms with Gasteiger partial charge >= 0.3 is 6.61 Å². The fourth-order valence-electron chi connectivity index (χ4n) is 3.27. The van der Waals surface area contributed by atoms with Crippen molar-refractivity contribution in [2.75, 3.05) is 40.5 Å². The third-order valence-electron chi connectivity index (χ3n) is 4.95. The predicted octanol–water partition coefficient (Wildman–Crippen LogP) is 4.52. The zero-order chi connectivity index (χ0) is 21.1. The molecule has 0 spiro atoms. The zero-order valence-corrected chi connectivity index (χ0v) is 20.4. The molecule has 1 aliphatic heterocycles. The van der Waals surface area contributed by atoms with E-state index in [2.05, 4.69) is 15.2 Å². The largest absolute Gasteiger partial charge is 0.493 e. The summed E-state index contributed by atoms with van der Waals surface area (Å²) in [4.78, 5) is 6.37. The number of nitrogens with zero attached hydrogens (tertiary/aromatic N) is 2.